The van der Waals surface area contributed by atoms with Gasteiger partial charge in [-0.05, 0) is 12.8 Å². The molecule has 4 aliphatic rings. The third kappa shape index (κ3) is 3.39. The fourth-order valence-electron chi connectivity index (χ4n) is 4.07. The van der Waals surface area contributed by atoms with E-state index in [2.05, 4.69) is 36.9 Å². The van der Waals surface area contributed by atoms with Gasteiger partial charge in [-0.3, -0.25) is 10.4 Å². The lowest BCUT2D eigenvalue weighted by molar-refractivity contribution is 0.00951. The van der Waals surface area contributed by atoms with Crippen LogP contribution in [-0.2, 0) is 4.74 Å². The number of aromatic nitrogens is 2. The van der Waals surface area contributed by atoms with E-state index in [9.17, 15) is 9.65 Å². The van der Waals surface area contributed by atoms with E-state index < -0.39 is 12.5 Å². The Morgan fingerprint density at radius 3 is 3.07 bits per heavy atom. The van der Waals surface area contributed by atoms with E-state index in [4.69, 9.17) is 9.73 Å². The van der Waals surface area contributed by atoms with Crippen molar-refractivity contribution >= 4 is 17.9 Å². The molecule has 0 radical (unpaired) electrons. The number of H-pyrrole nitrogens is 1. The minimum atomic E-state index is -1.07. The molecule has 2 fully saturated rings. The number of hydrogen-bond donors (Lipinski definition) is 3. The van der Waals surface area contributed by atoms with Crippen molar-refractivity contribution in [1.82, 2.24) is 30.8 Å². The van der Waals surface area contributed by atoms with Crippen LogP contribution >= 0.6 is 0 Å². The number of likely N-dealkylation sites (tertiary alicyclic amines) is 1. The highest BCUT2D eigenvalue weighted by molar-refractivity contribution is 6.12. The lowest BCUT2D eigenvalue weighted by atomic mass is 10.1. The molecule has 0 saturated carbocycles. The second kappa shape index (κ2) is 7.55. The van der Waals surface area contributed by atoms with Gasteiger partial charge in [-0.15, -0.1) is 0 Å². The summed E-state index contributed by atoms with van der Waals surface area (Å²) in [4.78, 5) is 11.6. The molecule has 11 heteroatoms. The predicted octanol–water partition coefficient (Wildman–Crippen LogP) is 0.185. The highest BCUT2D eigenvalue weighted by atomic mass is 19.1. The molecule has 1 aromatic heterocycles. The first-order valence-corrected chi connectivity index (χ1v) is 9.76. The van der Waals surface area contributed by atoms with Crippen LogP contribution in [0.25, 0.3) is 5.70 Å². The van der Waals surface area contributed by atoms with Gasteiger partial charge >= 0.3 is 0 Å². The minimum Gasteiger partial charge on any atom is -0.378 e. The number of amidine groups is 1. The predicted molar refractivity (Wildman–Crippen MR) is 103 cm³/mol. The van der Waals surface area contributed by atoms with E-state index in [0.29, 0.717) is 25.4 Å². The Kier molecular flexibility index (Phi) is 4.75. The highest BCUT2D eigenvalue weighted by Crippen LogP contribution is 2.32. The Balaban J connectivity index is 1.45. The molecule has 2 saturated heterocycles. The highest BCUT2D eigenvalue weighted by Gasteiger charge is 2.38. The van der Waals surface area contributed by atoms with E-state index in [1.807, 2.05) is 0 Å². The number of nitriles is 1. The molecule has 1 aromatic rings. The van der Waals surface area contributed by atoms with Gasteiger partial charge in [0.15, 0.2) is 12.1 Å². The average molecular weight is 399 g/mol. The number of fused-ring (bicyclic) bond motifs is 1. The summed E-state index contributed by atoms with van der Waals surface area (Å²) in [6, 6.07) is 2.03. The van der Waals surface area contributed by atoms with Gasteiger partial charge < -0.3 is 9.64 Å². The van der Waals surface area contributed by atoms with Crippen LogP contribution in [0.1, 0.15) is 18.4 Å². The van der Waals surface area contributed by atoms with E-state index >= 15 is 0 Å². The molecule has 4 atom stereocenters. The zero-order chi connectivity index (χ0) is 19.8. The number of hydrogen-bond acceptors (Lipinski definition) is 9. The Bertz CT molecular complexity index is 890. The molecular formula is C18H22FN9O. The van der Waals surface area contributed by atoms with Crippen molar-refractivity contribution in [3.05, 3.63) is 23.7 Å². The smallest absolute Gasteiger partial charge is 0.173 e. The summed E-state index contributed by atoms with van der Waals surface area (Å²) in [5.74, 6) is 0.681. The van der Waals surface area contributed by atoms with Gasteiger partial charge in [0.05, 0.1) is 24.8 Å². The van der Waals surface area contributed by atoms with Crippen LogP contribution in [0, 0.1) is 17.2 Å². The van der Waals surface area contributed by atoms with Crippen molar-refractivity contribution in [2.24, 2.45) is 15.9 Å². The number of halogens is 1. The third-order valence-electron chi connectivity index (χ3n) is 5.60. The van der Waals surface area contributed by atoms with Crippen molar-refractivity contribution in [3.63, 3.8) is 0 Å². The second-order valence-corrected chi connectivity index (χ2v) is 7.50. The number of rotatable bonds is 4. The summed E-state index contributed by atoms with van der Waals surface area (Å²) in [6.45, 7) is 2.01. The summed E-state index contributed by atoms with van der Waals surface area (Å²) in [5.41, 5.74) is 5.68. The minimum absolute atomic E-state index is 0.0223. The molecular weight excluding hydrogens is 377 g/mol. The second-order valence-electron chi connectivity index (χ2n) is 7.50. The Morgan fingerprint density at radius 1 is 1.38 bits per heavy atom. The van der Waals surface area contributed by atoms with Gasteiger partial charge in [0, 0.05) is 37.5 Å². The van der Waals surface area contributed by atoms with E-state index in [-0.39, 0.29) is 18.6 Å². The van der Waals surface area contributed by atoms with Gasteiger partial charge in [-0.1, -0.05) is 0 Å². The molecule has 0 spiro atoms. The van der Waals surface area contributed by atoms with Crippen LogP contribution in [0.3, 0.4) is 0 Å². The largest absolute Gasteiger partial charge is 0.378 e. The maximum absolute atomic E-state index is 14.2. The summed E-state index contributed by atoms with van der Waals surface area (Å²) in [7, 11) is 0. The standard InChI is InChI=1S/C18H22FN9O/c19-13-9-29-4-2-14(13)24-18-25-17-16(27-3-1-11(5-20)8-27)15(12-6-22-23-7-12)21-10-28(17)26-18/h6-7,10-11,13-14,18,24,26H,1-4,8-9H2,(H,22,23). The van der Waals surface area contributed by atoms with Crippen LogP contribution in [-0.4, -0.2) is 77.1 Å². The fraction of sp³-hybridized carbons (Fsp3) is 0.556. The van der Waals surface area contributed by atoms with E-state index in [0.717, 1.165) is 29.9 Å². The zero-order valence-corrected chi connectivity index (χ0v) is 15.8. The first-order chi connectivity index (χ1) is 14.2. The topological polar surface area (TPSA) is 117 Å². The normalized spacial score (nSPS) is 31.8. The van der Waals surface area contributed by atoms with Gasteiger partial charge in [-0.25, -0.2) is 19.4 Å². The molecule has 5 rings (SSSR count). The SMILES string of the molecule is N#CC1CCN(C2=C(c3cn[nH]c3)N=CN3NC(NC4CCOCC4F)N=C23)C1. The van der Waals surface area contributed by atoms with Crippen molar-refractivity contribution in [3.8, 4) is 6.07 Å². The summed E-state index contributed by atoms with van der Waals surface area (Å²) in [6.07, 6.45) is 5.03. The monoisotopic (exact) mass is 399 g/mol. The Morgan fingerprint density at radius 2 is 2.31 bits per heavy atom. The molecule has 4 aliphatic heterocycles. The van der Waals surface area contributed by atoms with Gasteiger partial charge in [0.1, 0.15) is 23.9 Å². The maximum atomic E-state index is 14.2. The first-order valence-electron chi connectivity index (χ1n) is 9.76. The number of alkyl halides is 1. The molecule has 0 aromatic carbocycles. The number of aromatic amines is 1. The fourth-order valence-corrected chi connectivity index (χ4v) is 4.07. The molecule has 4 unspecified atom stereocenters. The Labute approximate surface area is 167 Å². The van der Waals surface area contributed by atoms with Gasteiger partial charge in [0.25, 0.3) is 0 Å². The zero-order valence-electron chi connectivity index (χ0n) is 15.8. The molecule has 0 aliphatic carbocycles. The summed E-state index contributed by atoms with van der Waals surface area (Å²) in [5, 5.41) is 21.2. The first kappa shape index (κ1) is 18.2. The Hall–Kier alpha value is -2.81. The van der Waals surface area contributed by atoms with E-state index in [1.54, 1.807) is 23.7 Å². The van der Waals surface area contributed by atoms with Crippen molar-refractivity contribution in [1.29, 1.82) is 5.26 Å². The van der Waals surface area contributed by atoms with Crippen LogP contribution in [0.4, 0.5) is 4.39 Å². The van der Waals surface area contributed by atoms with Crippen LogP contribution in [0.5, 0.6) is 0 Å². The average Bonchev–Trinajstić information content (AvgIpc) is 3.49. The van der Waals surface area contributed by atoms with Crippen LogP contribution in [0.2, 0.25) is 0 Å². The van der Waals surface area contributed by atoms with Gasteiger partial charge in [-0.2, -0.15) is 15.8 Å². The molecule has 0 bridgehead atoms. The van der Waals surface area contributed by atoms with Crippen LogP contribution in [0.15, 0.2) is 28.1 Å². The van der Waals surface area contributed by atoms with Crippen molar-refractivity contribution in [2.75, 3.05) is 26.3 Å². The number of aliphatic imine (C=N–C) groups is 2. The lowest BCUT2D eigenvalue weighted by Gasteiger charge is -2.30. The van der Waals surface area contributed by atoms with Crippen molar-refractivity contribution in [2.45, 2.75) is 31.3 Å². The number of ether oxygens (including phenoxy) is 1. The molecule has 152 valence electrons. The maximum Gasteiger partial charge on any atom is 0.173 e. The summed E-state index contributed by atoms with van der Waals surface area (Å²) < 4.78 is 19.3. The number of hydrazine groups is 1. The van der Waals surface area contributed by atoms with Crippen molar-refractivity contribution < 1.29 is 9.13 Å². The third-order valence-corrected chi connectivity index (χ3v) is 5.60. The van der Waals surface area contributed by atoms with E-state index in [1.165, 1.54) is 0 Å². The lowest BCUT2D eigenvalue weighted by Crippen LogP contribution is -2.54. The molecule has 29 heavy (non-hydrogen) atoms. The molecule has 5 heterocycles. The summed E-state index contributed by atoms with van der Waals surface area (Å²) >= 11 is 0. The number of nitrogens with one attached hydrogen (secondary N) is 3. The molecule has 3 N–H and O–H groups in total. The number of nitrogens with zero attached hydrogens (tertiary/aromatic N) is 6. The quantitative estimate of drug-likeness (QED) is 0.661. The van der Waals surface area contributed by atoms with Gasteiger partial charge in [0.2, 0.25) is 0 Å². The van der Waals surface area contributed by atoms with Crippen LogP contribution < -0.4 is 10.7 Å². The molecule has 10 nitrogen and oxygen atoms in total. The molecule has 0 amide bonds.